The number of alkyl halides is 3. The number of hydrogen-bond acceptors (Lipinski definition) is 5. The molecule has 1 aliphatic rings. The quantitative estimate of drug-likeness (QED) is 0.306. The third-order valence-electron chi connectivity index (χ3n) is 6.72. The Morgan fingerprint density at radius 2 is 1.95 bits per heavy atom. The molecule has 1 saturated heterocycles. The summed E-state index contributed by atoms with van der Waals surface area (Å²) in [7, 11) is 3.95. The Labute approximate surface area is 228 Å². The van der Waals surface area contributed by atoms with E-state index < -0.39 is 17.3 Å². The van der Waals surface area contributed by atoms with E-state index in [0.717, 1.165) is 35.1 Å². The second-order valence-electron chi connectivity index (χ2n) is 9.47. The van der Waals surface area contributed by atoms with Gasteiger partial charge in [0.1, 0.15) is 0 Å². The topological polar surface area (TPSA) is 41.4 Å². The van der Waals surface area contributed by atoms with Crippen LogP contribution < -0.4 is 5.56 Å². The molecule has 0 bridgehead atoms. The molecule has 2 aromatic carbocycles. The fourth-order valence-electron chi connectivity index (χ4n) is 4.79. The largest absolute Gasteiger partial charge is 0.416 e. The van der Waals surface area contributed by atoms with E-state index in [1.54, 1.807) is 23.9 Å². The van der Waals surface area contributed by atoms with Crippen molar-refractivity contribution in [1.82, 2.24) is 19.4 Å². The summed E-state index contributed by atoms with van der Waals surface area (Å²) >= 11 is 14.3. The molecule has 4 rings (SSSR count). The van der Waals surface area contributed by atoms with Crippen LogP contribution in [0.15, 0.2) is 40.3 Å². The first-order valence-electron chi connectivity index (χ1n) is 12.1. The molecule has 1 atom stereocenters. The van der Waals surface area contributed by atoms with Gasteiger partial charge in [-0.2, -0.15) is 13.2 Å². The van der Waals surface area contributed by atoms with Crippen LogP contribution in [0, 0.1) is 0 Å². The molecular formula is C26H29Cl2F3N4OS. The number of nitrogens with zero attached hydrogens (tertiary/aromatic N) is 4. The SMILES string of the molecule is CCSc1ccc(Cl)cc1Cn1cnc2c(Cl)c(CN3CCC[C@@H](N(C)C)C3)c(C(F)(F)F)cc2c1=O. The molecule has 0 amide bonds. The summed E-state index contributed by atoms with van der Waals surface area (Å²) in [5.41, 5.74) is -0.633. The van der Waals surface area contributed by atoms with Crippen molar-refractivity contribution in [2.24, 2.45) is 0 Å². The van der Waals surface area contributed by atoms with E-state index in [2.05, 4.69) is 9.88 Å². The third kappa shape index (κ3) is 6.28. The second kappa shape index (κ2) is 11.5. The van der Waals surface area contributed by atoms with Gasteiger partial charge in [0.25, 0.3) is 5.56 Å². The van der Waals surface area contributed by atoms with E-state index in [0.29, 0.717) is 18.1 Å². The maximum Gasteiger partial charge on any atom is 0.416 e. The fourth-order valence-corrected chi connectivity index (χ4v) is 6.09. The van der Waals surface area contributed by atoms with Gasteiger partial charge in [0, 0.05) is 29.0 Å². The summed E-state index contributed by atoms with van der Waals surface area (Å²) in [6.07, 6.45) is -1.44. The van der Waals surface area contributed by atoms with Crippen LogP contribution in [0.1, 0.15) is 36.5 Å². The van der Waals surface area contributed by atoms with Gasteiger partial charge in [-0.05, 0) is 74.6 Å². The van der Waals surface area contributed by atoms with Gasteiger partial charge in [-0.25, -0.2) is 4.98 Å². The number of hydrogen-bond donors (Lipinski definition) is 0. The number of piperidine rings is 1. The molecule has 200 valence electrons. The highest BCUT2D eigenvalue weighted by molar-refractivity contribution is 7.99. The highest BCUT2D eigenvalue weighted by Crippen LogP contribution is 2.39. The Bertz CT molecular complexity index is 1350. The molecule has 1 fully saturated rings. The molecule has 11 heteroatoms. The lowest BCUT2D eigenvalue weighted by Gasteiger charge is -2.36. The van der Waals surface area contributed by atoms with Crippen LogP contribution in [-0.2, 0) is 19.3 Å². The summed E-state index contributed by atoms with van der Waals surface area (Å²) in [5, 5.41) is 0.240. The summed E-state index contributed by atoms with van der Waals surface area (Å²) in [6.45, 7) is 3.51. The highest BCUT2D eigenvalue weighted by atomic mass is 35.5. The van der Waals surface area contributed by atoms with Crippen molar-refractivity contribution >= 4 is 45.9 Å². The fraction of sp³-hybridized carbons (Fsp3) is 0.462. The lowest BCUT2D eigenvalue weighted by molar-refractivity contribution is -0.138. The van der Waals surface area contributed by atoms with Gasteiger partial charge in [-0.3, -0.25) is 14.3 Å². The summed E-state index contributed by atoms with van der Waals surface area (Å²) < 4.78 is 44.0. The minimum atomic E-state index is -4.67. The van der Waals surface area contributed by atoms with Crippen molar-refractivity contribution in [2.45, 2.75) is 50.0 Å². The van der Waals surface area contributed by atoms with Crippen LogP contribution in [0.4, 0.5) is 13.2 Å². The van der Waals surface area contributed by atoms with Crippen LogP contribution in [0.5, 0.6) is 0 Å². The second-order valence-corrected chi connectivity index (χ2v) is 11.6. The number of halogens is 5. The molecule has 37 heavy (non-hydrogen) atoms. The molecule has 1 aromatic heterocycles. The van der Waals surface area contributed by atoms with E-state index in [4.69, 9.17) is 23.2 Å². The number of aromatic nitrogens is 2. The van der Waals surface area contributed by atoms with Crippen LogP contribution >= 0.6 is 35.0 Å². The maximum absolute atomic E-state index is 14.2. The first-order valence-corrected chi connectivity index (χ1v) is 13.8. The molecule has 2 heterocycles. The maximum atomic E-state index is 14.2. The van der Waals surface area contributed by atoms with Gasteiger partial charge in [0.2, 0.25) is 0 Å². The molecule has 0 aliphatic carbocycles. The van der Waals surface area contributed by atoms with Gasteiger partial charge in [-0.1, -0.05) is 30.1 Å². The average Bonchev–Trinajstić information content (AvgIpc) is 2.83. The number of rotatable bonds is 7. The molecule has 0 saturated carbocycles. The summed E-state index contributed by atoms with van der Waals surface area (Å²) in [4.78, 5) is 22.8. The predicted octanol–water partition coefficient (Wildman–Crippen LogP) is 6.41. The number of benzene rings is 2. The Kier molecular flexibility index (Phi) is 8.80. The summed E-state index contributed by atoms with van der Waals surface area (Å²) in [6, 6.07) is 6.57. The molecule has 5 nitrogen and oxygen atoms in total. The van der Waals surface area contributed by atoms with Crippen molar-refractivity contribution in [3.8, 4) is 0 Å². The molecule has 0 spiro atoms. The lowest BCUT2D eigenvalue weighted by Crippen LogP contribution is -2.44. The molecule has 0 unspecified atom stereocenters. The van der Waals surface area contributed by atoms with Crippen LogP contribution in [-0.4, -0.2) is 58.3 Å². The minimum Gasteiger partial charge on any atom is -0.305 e. The third-order valence-corrected chi connectivity index (χ3v) is 8.36. The normalized spacial score (nSPS) is 17.2. The van der Waals surface area contributed by atoms with Crippen LogP contribution in [0.3, 0.4) is 0 Å². The van der Waals surface area contributed by atoms with E-state index in [1.807, 2.05) is 32.0 Å². The van der Waals surface area contributed by atoms with Crippen molar-refractivity contribution in [3.63, 3.8) is 0 Å². The summed E-state index contributed by atoms with van der Waals surface area (Å²) in [5.74, 6) is 0.819. The smallest absolute Gasteiger partial charge is 0.305 e. The number of likely N-dealkylation sites (tertiary alicyclic amines) is 1. The van der Waals surface area contributed by atoms with Crippen molar-refractivity contribution in [2.75, 3.05) is 32.9 Å². The standard InChI is InChI=1S/C26H29Cl2F3N4OS/c1-4-37-22-8-7-17(27)10-16(22)12-35-15-32-24-19(25(35)36)11-21(26(29,30)31)20(23(24)28)14-34-9-5-6-18(13-34)33(2)3/h7-8,10-11,15,18H,4-6,9,12-14H2,1-3H3/t18-/m1/s1. The molecule has 3 aromatic rings. The van der Waals surface area contributed by atoms with Crippen LogP contribution in [0.25, 0.3) is 10.9 Å². The first-order chi connectivity index (χ1) is 17.5. The van der Waals surface area contributed by atoms with Gasteiger partial charge >= 0.3 is 6.18 Å². The number of thioether (sulfide) groups is 1. The van der Waals surface area contributed by atoms with Gasteiger partial charge in [-0.15, -0.1) is 11.8 Å². The Balaban J connectivity index is 1.77. The van der Waals surface area contributed by atoms with E-state index in [-0.39, 0.29) is 40.6 Å². The van der Waals surface area contributed by atoms with E-state index in [9.17, 15) is 18.0 Å². The Morgan fingerprint density at radius 3 is 2.62 bits per heavy atom. The monoisotopic (exact) mass is 572 g/mol. The number of fused-ring (bicyclic) bond motifs is 1. The zero-order valence-corrected chi connectivity index (χ0v) is 23.2. The minimum absolute atomic E-state index is 0.0396. The number of likely N-dealkylation sites (N-methyl/N-ethyl adjacent to an activating group) is 1. The van der Waals surface area contributed by atoms with Crippen molar-refractivity contribution < 1.29 is 13.2 Å². The molecule has 0 N–H and O–H groups in total. The molecule has 1 aliphatic heterocycles. The van der Waals surface area contributed by atoms with E-state index >= 15 is 0 Å². The Hall–Kier alpha value is -1.78. The van der Waals surface area contributed by atoms with Crippen molar-refractivity contribution in [1.29, 1.82) is 0 Å². The predicted molar refractivity (Wildman–Crippen MR) is 145 cm³/mol. The Morgan fingerprint density at radius 1 is 1.19 bits per heavy atom. The zero-order chi connectivity index (χ0) is 26.9. The zero-order valence-electron chi connectivity index (χ0n) is 20.9. The van der Waals surface area contributed by atoms with Gasteiger partial charge < -0.3 is 4.90 Å². The molecule has 0 radical (unpaired) electrons. The van der Waals surface area contributed by atoms with Gasteiger partial charge in [0.15, 0.2) is 0 Å². The highest BCUT2D eigenvalue weighted by Gasteiger charge is 2.37. The van der Waals surface area contributed by atoms with E-state index in [1.165, 1.54) is 10.9 Å². The van der Waals surface area contributed by atoms with Crippen LogP contribution in [0.2, 0.25) is 10.0 Å². The molecular weight excluding hydrogens is 544 g/mol. The van der Waals surface area contributed by atoms with Gasteiger partial charge in [0.05, 0.1) is 34.4 Å². The lowest BCUT2D eigenvalue weighted by atomic mass is 10.00. The average molecular weight is 574 g/mol. The first kappa shape index (κ1) is 28.2. The van der Waals surface area contributed by atoms with Crippen molar-refractivity contribution in [3.05, 3.63) is 67.7 Å².